The van der Waals surface area contributed by atoms with Crippen LogP contribution < -0.4 is 5.32 Å². The molecule has 0 aromatic heterocycles. The van der Waals surface area contributed by atoms with Crippen molar-refractivity contribution in [1.82, 2.24) is 5.32 Å². The molecule has 0 saturated heterocycles. The zero-order valence-electron chi connectivity index (χ0n) is 10.6. The van der Waals surface area contributed by atoms with Gasteiger partial charge in [-0.2, -0.15) is 0 Å². The quantitative estimate of drug-likeness (QED) is 0.547. The maximum absolute atomic E-state index is 10.7. The van der Waals surface area contributed by atoms with Gasteiger partial charge in [-0.15, -0.1) is 0 Å². The summed E-state index contributed by atoms with van der Waals surface area (Å²) in [7, 11) is 0. The van der Waals surface area contributed by atoms with Crippen molar-refractivity contribution in [3.8, 4) is 0 Å². The Morgan fingerprint density at radius 1 is 1.39 bits per heavy atom. The van der Waals surface area contributed by atoms with Gasteiger partial charge in [0.05, 0.1) is 18.8 Å². The molecule has 1 aromatic carbocycles. The summed E-state index contributed by atoms with van der Waals surface area (Å²) in [5, 5.41) is 12.0. The Labute approximate surface area is 107 Å². The number of ether oxygens (including phenoxy) is 1. The first-order valence-corrected chi connectivity index (χ1v) is 5.84. The van der Waals surface area contributed by atoms with E-state index in [0.29, 0.717) is 25.3 Å². The van der Waals surface area contributed by atoms with Crippen molar-refractivity contribution in [2.24, 2.45) is 0 Å². The van der Waals surface area contributed by atoms with Crippen molar-refractivity contribution in [2.75, 3.05) is 19.8 Å². The SMILES string of the molecule is C=C(C)COCCNCc1ccc(C(=O)O)cc1. The molecule has 2 N–H and O–H groups in total. The molecule has 0 saturated carbocycles. The minimum absolute atomic E-state index is 0.309. The molecule has 4 nitrogen and oxygen atoms in total. The number of carboxylic acid groups (broad SMARTS) is 1. The number of hydrogen-bond acceptors (Lipinski definition) is 3. The third-order valence-electron chi connectivity index (χ3n) is 2.30. The summed E-state index contributed by atoms with van der Waals surface area (Å²) in [6.45, 7) is 8.37. The topological polar surface area (TPSA) is 58.6 Å². The maximum atomic E-state index is 10.7. The summed E-state index contributed by atoms with van der Waals surface area (Å²) in [6.07, 6.45) is 0. The van der Waals surface area contributed by atoms with Gasteiger partial charge in [-0.1, -0.05) is 24.3 Å². The van der Waals surface area contributed by atoms with E-state index in [9.17, 15) is 4.79 Å². The Balaban J connectivity index is 2.19. The molecule has 0 atom stereocenters. The van der Waals surface area contributed by atoms with Crippen LogP contribution in [-0.4, -0.2) is 30.8 Å². The highest BCUT2D eigenvalue weighted by molar-refractivity contribution is 5.87. The standard InChI is InChI=1S/C14H19NO3/c1-11(2)10-18-8-7-15-9-12-3-5-13(6-4-12)14(16)17/h3-6,15H,1,7-10H2,2H3,(H,16,17). The van der Waals surface area contributed by atoms with Gasteiger partial charge in [0.2, 0.25) is 0 Å². The first-order valence-electron chi connectivity index (χ1n) is 5.84. The van der Waals surface area contributed by atoms with Crippen LogP contribution in [0.3, 0.4) is 0 Å². The zero-order chi connectivity index (χ0) is 13.4. The Kier molecular flexibility index (Phi) is 6.11. The van der Waals surface area contributed by atoms with Crippen molar-refractivity contribution in [1.29, 1.82) is 0 Å². The van der Waals surface area contributed by atoms with E-state index in [2.05, 4.69) is 11.9 Å². The largest absolute Gasteiger partial charge is 0.478 e. The van der Waals surface area contributed by atoms with Crippen LogP contribution in [0.15, 0.2) is 36.4 Å². The fourth-order valence-electron chi connectivity index (χ4n) is 1.39. The van der Waals surface area contributed by atoms with Gasteiger partial charge in [-0.05, 0) is 24.6 Å². The Bertz CT molecular complexity index is 398. The molecule has 0 aliphatic heterocycles. The first-order chi connectivity index (χ1) is 8.59. The van der Waals surface area contributed by atoms with Crippen molar-refractivity contribution >= 4 is 5.97 Å². The second kappa shape index (κ2) is 7.63. The normalized spacial score (nSPS) is 10.3. The highest BCUT2D eigenvalue weighted by atomic mass is 16.5. The molecule has 4 heteroatoms. The maximum Gasteiger partial charge on any atom is 0.335 e. The summed E-state index contributed by atoms with van der Waals surface area (Å²) < 4.78 is 5.34. The van der Waals surface area contributed by atoms with E-state index < -0.39 is 5.97 Å². The van der Waals surface area contributed by atoms with Crippen LogP contribution in [0, 0.1) is 0 Å². The molecule has 0 radical (unpaired) electrons. The Hall–Kier alpha value is -1.65. The van der Waals surface area contributed by atoms with E-state index in [-0.39, 0.29) is 0 Å². The van der Waals surface area contributed by atoms with Crippen LogP contribution in [-0.2, 0) is 11.3 Å². The van der Waals surface area contributed by atoms with Crippen LogP contribution in [0.2, 0.25) is 0 Å². The van der Waals surface area contributed by atoms with E-state index in [1.54, 1.807) is 12.1 Å². The number of hydrogen-bond donors (Lipinski definition) is 2. The lowest BCUT2D eigenvalue weighted by Crippen LogP contribution is -2.19. The van der Waals surface area contributed by atoms with E-state index >= 15 is 0 Å². The Morgan fingerprint density at radius 3 is 2.61 bits per heavy atom. The lowest BCUT2D eigenvalue weighted by molar-refractivity contribution is 0.0697. The summed E-state index contributed by atoms with van der Waals surface area (Å²) >= 11 is 0. The lowest BCUT2D eigenvalue weighted by Gasteiger charge is -2.06. The number of carbonyl (C=O) groups is 1. The molecule has 0 amide bonds. The van der Waals surface area contributed by atoms with Crippen LogP contribution in [0.4, 0.5) is 0 Å². The van der Waals surface area contributed by atoms with Crippen molar-refractivity contribution in [3.05, 3.63) is 47.5 Å². The zero-order valence-corrected chi connectivity index (χ0v) is 10.6. The number of carboxylic acids is 1. The molecular weight excluding hydrogens is 230 g/mol. The van der Waals surface area contributed by atoms with Crippen molar-refractivity contribution in [3.63, 3.8) is 0 Å². The van der Waals surface area contributed by atoms with Crippen molar-refractivity contribution < 1.29 is 14.6 Å². The van der Waals surface area contributed by atoms with Gasteiger partial charge in [-0.25, -0.2) is 4.79 Å². The van der Waals surface area contributed by atoms with Gasteiger partial charge in [0.25, 0.3) is 0 Å². The van der Waals surface area contributed by atoms with Crippen LogP contribution >= 0.6 is 0 Å². The minimum Gasteiger partial charge on any atom is -0.478 e. The molecule has 0 spiro atoms. The summed E-state index contributed by atoms with van der Waals surface area (Å²) in [4.78, 5) is 10.7. The third-order valence-corrected chi connectivity index (χ3v) is 2.30. The molecule has 1 rings (SSSR count). The smallest absolute Gasteiger partial charge is 0.335 e. The van der Waals surface area contributed by atoms with Crippen LogP contribution in [0.25, 0.3) is 0 Å². The molecular formula is C14H19NO3. The van der Waals surface area contributed by atoms with Gasteiger partial charge in [0.1, 0.15) is 0 Å². The monoisotopic (exact) mass is 249 g/mol. The average Bonchev–Trinajstić information content (AvgIpc) is 2.34. The number of nitrogens with one attached hydrogen (secondary N) is 1. The molecule has 18 heavy (non-hydrogen) atoms. The molecule has 0 aliphatic carbocycles. The van der Waals surface area contributed by atoms with Gasteiger partial charge < -0.3 is 15.2 Å². The average molecular weight is 249 g/mol. The van der Waals surface area contributed by atoms with Gasteiger partial charge in [-0.3, -0.25) is 0 Å². The second-order valence-corrected chi connectivity index (χ2v) is 4.19. The lowest BCUT2D eigenvalue weighted by atomic mass is 10.1. The van der Waals surface area contributed by atoms with E-state index in [4.69, 9.17) is 9.84 Å². The van der Waals surface area contributed by atoms with Gasteiger partial charge in [0, 0.05) is 13.1 Å². The molecule has 0 bridgehead atoms. The Morgan fingerprint density at radius 2 is 2.06 bits per heavy atom. The minimum atomic E-state index is -0.900. The first kappa shape index (κ1) is 14.4. The summed E-state index contributed by atoms with van der Waals surface area (Å²) in [5.74, 6) is -0.900. The number of benzene rings is 1. The third kappa shape index (κ3) is 5.61. The molecule has 1 aromatic rings. The number of rotatable bonds is 8. The molecule has 0 unspecified atom stereocenters. The summed E-state index contributed by atoms with van der Waals surface area (Å²) in [5.41, 5.74) is 2.38. The molecule has 0 heterocycles. The molecule has 0 fully saturated rings. The van der Waals surface area contributed by atoms with Crippen molar-refractivity contribution in [2.45, 2.75) is 13.5 Å². The molecule has 98 valence electrons. The van der Waals surface area contributed by atoms with Crippen LogP contribution in [0.5, 0.6) is 0 Å². The van der Waals surface area contributed by atoms with Gasteiger partial charge in [0.15, 0.2) is 0 Å². The highest BCUT2D eigenvalue weighted by Crippen LogP contribution is 2.03. The van der Waals surface area contributed by atoms with E-state index in [0.717, 1.165) is 17.7 Å². The predicted molar refractivity (Wildman–Crippen MR) is 70.7 cm³/mol. The summed E-state index contributed by atoms with van der Waals surface area (Å²) in [6, 6.07) is 6.84. The predicted octanol–water partition coefficient (Wildman–Crippen LogP) is 2.07. The molecule has 0 aliphatic rings. The van der Waals surface area contributed by atoms with Crippen LogP contribution in [0.1, 0.15) is 22.8 Å². The second-order valence-electron chi connectivity index (χ2n) is 4.19. The highest BCUT2D eigenvalue weighted by Gasteiger charge is 2.01. The number of aromatic carboxylic acids is 1. The van der Waals surface area contributed by atoms with Gasteiger partial charge >= 0.3 is 5.97 Å². The van der Waals surface area contributed by atoms with E-state index in [1.807, 2.05) is 19.1 Å². The van der Waals surface area contributed by atoms with E-state index in [1.165, 1.54) is 0 Å². The fourth-order valence-corrected chi connectivity index (χ4v) is 1.39. The fraction of sp³-hybridized carbons (Fsp3) is 0.357.